The number of benzene rings is 1. The van der Waals surface area contributed by atoms with E-state index in [1.165, 1.54) is 0 Å². The molecule has 0 heterocycles. The zero-order valence-corrected chi connectivity index (χ0v) is 22.0. The van der Waals surface area contributed by atoms with Crippen LogP contribution in [0, 0.1) is 3.57 Å². The average molecular weight is 550 g/mol. The smallest absolute Gasteiger partial charge is 0.333 e. The second kappa shape index (κ2) is 12.5. The molecule has 0 saturated carbocycles. The summed E-state index contributed by atoms with van der Waals surface area (Å²) in [6.45, 7) is 17.5. The maximum Gasteiger partial charge on any atom is 0.333 e. The summed E-state index contributed by atoms with van der Waals surface area (Å²) in [6, 6.07) is 1.76. The number of hydrogen-bond acceptors (Lipinski definition) is 7. The maximum atomic E-state index is 12.4. The zero-order valence-electron chi connectivity index (χ0n) is 19.8. The zero-order chi connectivity index (χ0) is 23.8. The second-order valence-electron chi connectivity index (χ2n) is 7.13. The topological polar surface area (TPSA) is 72.5 Å². The lowest BCUT2D eigenvalue weighted by atomic mass is 9.90. The first kappa shape index (κ1) is 27.5. The molecule has 3 unspecified atom stereocenters. The Morgan fingerprint density at radius 1 is 1.10 bits per heavy atom. The third-order valence-electron chi connectivity index (χ3n) is 4.62. The third kappa shape index (κ3) is 7.25. The lowest BCUT2D eigenvalue weighted by Crippen LogP contribution is -2.31. The highest BCUT2D eigenvalue weighted by Gasteiger charge is 2.38. The van der Waals surface area contributed by atoms with Crippen LogP contribution in [0.25, 0.3) is 0 Å². The fourth-order valence-corrected chi connectivity index (χ4v) is 3.60. The van der Waals surface area contributed by atoms with Crippen molar-refractivity contribution in [3.05, 3.63) is 27.4 Å². The molecule has 0 amide bonds. The van der Waals surface area contributed by atoms with Crippen LogP contribution in [0.5, 0.6) is 17.2 Å². The molecule has 1 aromatic carbocycles. The predicted octanol–water partition coefficient (Wildman–Crippen LogP) is 5.57. The molecule has 3 atom stereocenters. The molecule has 0 aliphatic heterocycles. The third-order valence-corrected chi connectivity index (χ3v) is 5.64. The highest BCUT2D eigenvalue weighted by Crippen LogP contribution is 2.48. The van der Waals surface area contributed by atoms with E-state index < -0.39 is 24.2 Å². The number of methoxy groups -OCH3 is 1. The molecule has 176 valence electrons. The molecule has 7 nitrogen and oxygen atoms in total. The average Bonchev–Trinajstić information content (AvgIpc) is 2.70. The number of rotatable bonds is 13. The summed E-state index contributed by atoms with van der Waals surface area (Å²) >= 11 is 2.15. The lowest BCUT2D eigenvalue weighted by Gasteiger charge is -2.33. The highest BCUT2D eigenvalue weighted by molar-refractivity contribution is 14.1. The molecule has 0 aliphatic carbocycles. The van der Waals surface area contributed by atoms with Gasteiger partial charge in [-0.2, -0.15) is 0 Å². The molecule has 0 radical (unpaired) electrons. The summed E-state index contributed by atoms with van der Waals surface area (Å²) in [7, 11) is 1.55. The Morgan fingerprint density at radius 3 is 2.10 bits per heavy atom. The Bertz CT molecular complexity index is 765. The van der Waals surface area contributed by atoms with Crippen molar-refractivity contribution in [1.82, 2.24) is 0 Å². The number of carbonyl (C=O) groups excluding carboxylic acids is 1. The van der Waals surface area contributed by atoms with Gasteiger partial charge in [0.1, 0.15) is 17.1 Å². The standard InChI is InChI=1S/C23H35IO7/c1-10-23(8,31-22(25)14(4)5)19-17(26-9)13-18(29-15(6)27-11-2)20(24)21(19)30-16(7)28-12-3/h13,15-16H,4,10-12H2,1-3,5-9H3. The van der Waals surface area contributed by atoms with E-state index >= 15 is 0 Å². The molecule has 0 bridgehead atoms. The normalized spacial score (nSPS) is 14.9. The van der Waals surface area contributed by atoms with E-state index in [4.69, 9.17) is 28.4 Å². The second-order valence-corrected chi connectivity index (χ2v) is 8.21. The van der Waals surface area contributed by atoms with Gasteiger partial charge in [-0.3, -0.25) is 0 Å². The molecule has 0 spiro atoms. The van der Waals surface area contributed by atoms with Crippen LogP contribution in [0.1, 0.15) is 60.5 Å². The van der Waals surface area contributed by atoms with Crippen LogP contribution in [0.2, 0.25) is 0 Å². The summed E-state index contributed by atoms with van der Waals surface area (Å²) < 4.78 is 35.5. The van der Waals surface area contributed by atoms with Gasteiger partial charge in [0.15, 0.2) is 18.3 Å². The summed E-state index contributed by atoms with van der Waals surface area (Å²) in [5.74, 6) is 0.983. The van der Waals surface area contributed by atoms with Crippen LogP contribution in [0.4, 0.5) is 0 Å². The fourth-order valence-electron chi connectivity index (χ4n) is 2.92. The molecule has 0 saturated heterocycles. The van der Waals surface area contributed by atoms with Crippen molar-refractivity contribution in [2.24, 2.45) is 0 Å². The van der Waals surface area contributed by atoms with Gasteiger partial charge in [-0.1, -0.05) is 13.5 Å². The van der Waals surface area contributed by atoms with Gasteiger partial charge >= 0.3 is 5.97 Å². The van der Waals surface area contributed by atoms with Crippen LogP contribution in [0.3, 0.4) is 0 Å². The van der Waals surface area contributed by atoms with Crippen LogP contribution in [0.15, 0.2) is 18.2 Å². The Kier molecular flexibility index (Phi) is 11.1. The van der Waals surface area contributed by atoms with E-state index in [9.17, 15) is 4.79 Å². The van der Waals surface area contributed by atoms with E-state index in [1.54, 1.807) is 27.0 Å². The van der Waals surface area contributed by atoms with E-state index in [1.807, 2.05) is 34.6 Å². The predicted molar refractivity (Wildman–Crippen MR) is 128 cm³/mol. The summed E-state index contributed by atoms with van der Waals surface area (Å²) in [6.07, 6.45) is -0.530. The van der Waals surface area contributed by atoms with Crippen molar-refractivity contribution in [1.29, 1.82) is 0 Å². The minimum atomic E-state index is -1.04. The molecule has 0 N–H and O–H groups in total. The van der Waals surface area contributed by atoms with Crippen molar-refractivity contribution in [2.45, 2.75) is 73.1 Å². The van der Waals surface area contributed by atoms with Gasteiger partial charge in [0.2, 0.25) is 0 Å². The van der Waals surface area contributed by atoms with Gasteiger partial charge < -0.3 is 28.4 Å². The van der Waals surface area contributed by atoms with Crippen LogP contribution in [-0.4, -0.2) is 38.9 Å². The van der Waals surface area contributed by atoms with Gasteiger partial charge in [0.05, 0.1) is 16.2 Å². The van der Waals surface area contributed by atoms with Crippen molar-refractivity contribution in [3.63, 3.8) is 0 Å². The Hall–Kier alpha value is -1.52. The van der Waals surface area contributed by atoms with Gasteiger partial charge in [-0.05, 0) is 70.6 Å². The Morgan fingerprint density at radius 2 is 1.65 bits per heavy atom. The number of esters is 1. The molecule has 1 rings (SSSR count). The molecule has 0 aliphatic rings. The van der Waals surface area contributed by atoms with Gasteiger partial charge in [-0.15, -0.1) is 0 Å². The maximum absolute atomic E-state index is 12.4. The van der Waals surface area contributed by atoms with E-state index in [0.29, 0.717) is 51.6 Å². The SMILES string of the molecule is C=C(C)C(=O)OC(C)(CC)c1c(OC)cc(OC(C)OCC)c(I)c1OC(C)OCC. The minimum absolute atomic E-state index is 0.309. The summed E-state index contributed by atoms with van der Waals surface area (Å²) in [5, 5.41) is 0. The van der Waals surface area contributed by atoms with Crippen molar-refractivity contribution in [3.8, 4) is 17.2 Å². The van der Waals surface area contributed by atoms with Gasteiger partial charge in [0.25, 0.3) is 0 Å². The molecular weight excluding hydrogens is 515 g/mol. The quantitative estimate of drug-likeness (QED) is 0.138. The van der Waals surface area contributed by atoms with E-state index in [-0.39, 0.29) is 0 Å². The largest absolute Gasteiger partial charge is 0.496 e. The van der Waals surface area contributed by atoms with Crippen LogP contribution < -0.4 is 14.2 Å². The van der Waals surface area contributed by atoms with Crippen LogP contribution in [-0.2, 0) is 24.6 Å². The van der Waals surface area contributed by atoms with Crippen molar-refractivity contribution >= 4 is 28.6 Å². The minimum Gasteiger partial charge on any atom is -0.496 e. The molecule has 8 heteroatoms. The van der Waals surface area contributed by atoms with Crippen LogP contribution >= 0.6 is 22.6 Å². The molecule has 0 aromatic heterocycles. The molecular formula is C23H35IO7. The first-order valence-corrected chi connectivity index (χ1v) is 11.5. The summed E-state index contributed by atoms with van der Waals surface area (Å²) in [5.41, 5.74) is -0.129. The Labute approximate surface area is 199 Å². The number of hydrogen-bond donors (Lipinski definition) is 0. The van der Waals surface area contributed by atoms with E-state index in [2.05, 4.69) is 29.2 Å². The lowest BCUT2D eigenvalue weighted by molar-refractivity contribution is -0.155. The molecule has 1 aromatic rings. The molecule has 0 fully saturated rings. The molecule has 31 heavy (non-hydrogen) atoms. The van der Waals surface area contributed by atoms with Crippen molar-refractivity contribution in [2.75, 3.05) is 20.3 Å². The van der Waals surface area contributed by atoms with Crippen molar-refractivity contribution < 1.29 is 33.2 Å². The Balaban J connectivity index is 3.70. The monoisotopic (exact) mass is 550 g/mol. The van der Waals surface area contributed by atoms with E-state index in [0.717, 1.165) is 0 Å². The fraction of sp³-hybridized carbons (Fsp3) is 0.609. The summed E-state index contributed by atoms with van der Waals surface area (Å²) in [4.78, 5) is 12.4. The highest BCUT2D eigenvalue weighted by atomic mass is 127. The number of carbonyl (C=O) groups is 1. The first-order valence-electron chi connectivity index (χ1n) is 10.4. The van der Waals surface area contributed by atoms with Gasteiger partial charge in [-0.25, -0.2) is 4.79 Å². The first-order chi connectivity index (χ1) is 14.5. The van der Waals surface area contributed by atoms with Gasteiger partial charge in [0, 0.05) is 24.9 Å². The number of halogens is 1. The number of ether oxygens (including phenoxy) is 6.